The number of amides is 3. The van der Waals surface area contributed by atoms with Crippen LogP contribution in [-0.4, -0.2) is 51.7 Å². The zero-order chi connectivity index (χ0) is 23.8. The van der Waals surface area contributed by atoms with Crippen LogP contribution in [0.3, 0.4) is 0 Å². The van der Waals surface area contributed by atoms with Crippen molar-refractivity contribution in [3.63, 3.8) is 0 Å². The molecule has 1 aliphatic heterocycles. The summed E-state index contributed by atoms with van der Waals surface area (Å²) in [6.07, 6.45) is 5.75. The fourth-order valence-corrected chi connectivity index (χ4v) is 3.83. The molecule has 2 heterocycles. The van der Waals surface area contributed by atoms with Gasteiger partial charge >= 0.3 is 0 Å². The van der Waals surface area contributed by atoms with Crippen molar-refractivity contribution in [3.05, 3.63) is 54.0 Å². The molecule has 3 amide bonds. The summed E-state index contributed by atoms with van der Waals surface area (Å²) in [5, 5.41) is 5.69. The highest BCUT2D eigenvalue weighted by molar-refractivity contribution is 6.01. The van der Waals surface area contributed by atoms with E-state index in [0.717, 1.165) is 12.0 Å². The average Bonchev–Trinajstić information content (AvgIpc) is 2.77. The summed E-state index contributed by atoms with van der Waals surface area (Å²) in [6, 6.07) is 9.92. The number of rotatable bonds is 7. The summed E-state index contributed by atoms with van der Waals surface area (Å²) in [7, 11) is 0. The van der Waals surface area contributed by atoms with Gasteiger partial charge in [0, 0.05) is 44.4 Å². The van der Waals surface area contributed by atoms with Gasteiger partial charge in [-0.25, -0.2) is 9.97 Å². The molecule has 1 aliphatic rings. The molecule has 3 rings (SSSR count). The summed E-state index contributed by atoms with van der Waals surface area (Å²) in [4.78, 5) is 47.8. The standard InChI is InChI=1S/C25H33N5O3/c1-25(2,3)17-20(31)29-23-22(26-13-14-27-23)24(33)28-19-11-15-30(16-12-19)21(32)10-9-18-7-5-4-6-8-18/h4-8,13-14,19H,9-12,15-17H2,1-3H3,(H,28,33)(H,27,29,31). The summed E-state index contributed by atoms with van der Waals surface area (Å²) in [6.45, 7) is 7.11. The van der Waals surface area contributed by atoms with Crippen LogP contribution in [0.25, 0.3) is 0 Å². The van der Waals surface area contributed by atoms with Crippen LogP contribution < -0.4 is 10.6 Å². The minimum absolute atomic E-state index is 0.0594. The third-order valence-electron chi connectivity index (χ3n) is 5.52. The number of hydrogen-bond acceptors (Lipinski definition) is 5. The molecule has 2 aromatic rings. The molecule has 0 saturated carbocycles. The molecule has 8 nitrogen and oxygen atoms in total. The molecule has 0 unspecified atom stereocenters. The van der Waals surface area contributed by atoms with E-state index >= 15 is 0 Å². The van der Waals surface area contributed by atoms with E-state index in [1.54, 1.807) is 0 Å². The lowest BCUT2D eigenvalue weighted by atomic mass is 9.92. The van der Waals surface area contributed by atoms with Gasteiger partial charge in [-0.05, 0) is 30.2 Å². The molecule has 0 atom stereocenters. The maximum atomic E-state index is 12.8. The first kappa shape index (κ1) is 24.4. The van der Waals surface area contributed by atoms with Gasteiger partial charge in [0.25, 0.3) is 5.91 Å². The van der Waals surface area contributed by atoms with Crippen LogP contribution in [0, 0.1) is 5.41 Å². The van der Waals surface area contributed by atoms with Crippen LogP contribution in [0.5, 0.6) is 0 Å². The normalized spacial score (nSPS) is 14.6. The summed E-state index contributed by atoms with van der Waals surface area (Å²) < 4.78 is 0. The summed E-state index contributed by atoms with van der Waals surface area (Å²) >= 11 is 0. The Bertz CT molecular complexity index is 964. The van der Waals surface area contributed by atoms with Crippen molar-refractivity contribution in [2.45, 2.75) is 58.9 Å². The second-order valence-electron chi connectivity index (χ2n) is 9.65. The second-order valence-corrected chi connectivity index (χ2v) is 9.65. The van der Waals surface area contributed by atoms with E-state index in [9.17, 15) is 14.4 Å². The van der Waals surface area contributed by atoms with Gasteiger partial charge in [0.05, 0.1) is 0 Å². The zero-order valence-corrected chi connectivity index (χ0v) is 19.6. The Morgan fingerprint density at radius 1 is 1.03 bits per heavy atom. The molecule has 1 saturated heterocycles. The van der Waals surface area contributed by atoms with Crippen molar-refractivity contribution >= 4 is 23.5 Å². The molecule has 0 aliphatic carbocycles. The summed E-state index contributed by atoms with van der Waals surface area (Å²) in [5.74, 6) is -0.276. The Labute approximate surface area is 195 Å². The highest BCUT2D eigenvalue weighted by atomic mass is 16.2. The van der Waals surface area contributed by atoms with Crippen LogP contribution >= 0.6 is 0 Å². The molecule has 8 heteroatoms. The highest BCUT2D eigenvalue weighted by Crippen LogP contribution is 2.20. The van der Waals surface area contributed by atoms with Gasteiger partial charge in [-0.2, -0.15) is 0 Å². The SMILES string of the molecule is CC(C)(C)CC(=O)Nc1nccnc1C(=O)NC1CCN(C(=O)CCc2ccccc2)CC1. The molecule has 0 radical (unpaired) electrons. The Morgan fingerprint density at radius 3 is 2.36 bits per heavy atom. The second kappa shape index (κ2) is 11.0. The van der Waals surface area contributed by atoms with Crippen LogP contribution in [0.4, 0.5) is 5.82 Å². The minimum atomic E-state index is -0.372. The van der Waals surface area contributed by atoms with E-state index in [-0.39, 0.29) is 40.7 Å². The largest absolute Gasteiger partial charge is 0.348 e. The van der Waals surface area contributed by atoms with E-state index in [1.165, 1.54) is 12.4 Å². The third-order valence-corrected chi connectivity index (χ3v) is 5.52. The number of hydrogen-bond donors (Lipinski definition) is 2. The molecule has 1 aromatic heterocycles. The summed E-state index contributed by atoms with van der Waals surface area (Å²) in [5.41, 5.74) is 1.07. The Morgan fingerprint density at radius 2 is 1.70 bits per heavy atom. The average molecular weight is 452 g/mol. The Hall–Kier alpha value is -3.29. The maximum Gasteiger partial charge on any atom is 0.273 e. The van der Waals surface area contributed by atoms with Crippen molar-refractivity contribution in [1.82, 2.24) is 20.2 Å². The van der Waals surface area contributed by atoms with Gasteiger partial charge in [0.2, 0.25) is 11.8 Å². The van der Waals surface area contributed by atoms with Crippen molar-refractivity contribution in [1.29, 1.82) is 0 Å². The first-order chi connectivity index (χ1) is 15.7. The van der Waals surface area contributed by atoms with E-state index in [1.807, 2.05) is 56.0 Å². The first-order valence-corrected chi connectivity index (χ1v) is 11.4. The zero-order valence-electron chi connectivity index (χ0n) is 19.6. The van der Waals surface area contributed by atoms with Gasteiger partial charge in [0.1, 0.15) is 0 Å². The van der Waals surface area contributed by atoms with Gasteiger partial charge in [-0.15, -0.1) is 0 Å². The van der Waals surface area contributed by atoms with Gasteiger partial charge in [-0.3, -0.25) is 14.4 Å². The molecule has 176 valence electrons. The number of nitrogens with zero attached hydrogens (tertiary/aromatic N) is 3. The Kier molecular flexibility index (Phi) is 8.14. The van der Waals surface area contributed by atoms with E-state index in [4.69, 9.17) is 0 Å². The number of aryl methyl sites for hydroxylation is 1. The monoisotopic (exact) mass is 451 g/mol. The number of carbonyl (C=O) groups is 3. The van der Waals surface area contributed by atoms with Crippen LogP contribution in [0.1, 0.15) is 62.5 Å². The van der Waals surface area contributed by atoms with Crippen molar-refractivity contribution < 1.29 is 14.4 Å². The fourth-order valence-electron chi connectivity index (χ4n) is 3.83. The van der Waals surface area contributed by atoms with Gasteiger partial charge in [0.15, 0.2) is 11.5 Å². The molecule has 1 fully saturated rings. The topological polar surface area (TPSA) is 104 Å². The number of likely N-dealkylation sites (tertiary alicyclic amines) is 1. The third kappa shape index (κ3) is 7.66. The Balaban J connectivity index is 1.49. The first-order valence-electron chi connectivity index (χ1n) is 11.4. The van der Waals surface area contributed by atoms with Crippen molar-refractivity contribution in [3.8, 4) is 0 Å². The molecule has 0 spiro atoms. The number of aromatic nitrogens is 2. The number of anilines is 1. The number of carbonyl (C=O) groups excluding carboxylic acids is 3. The van der Waals surface area contributed by atoms with E-state index in [0.29, 0.717) is 38.8 Å². The van der Waals surface area contributed by atoms with Crippen LogP contribution in [0.2, 0.25) is 0 Å². The number of nitrogens with one attached hydrogen (secondary N) is 2. The predicted octanol–water partition coefficient (Wildman–Crippen LogP) is 3.20. The van der Waals surface area contributed by atoms with Crippen molar-refractivity contribution in [2.24, 2.45) is 5.41 Å². The fraction of sp³-hybridized carbons (Fsp3) is 0.480. The van der Waals surface area contributed by atoms with E-state index in [2.05, 4.69) is 20.6 Å². The maximum absolute atomic E-state index is 12.8. The van der Waals surface area contributed by atoms with E-state index < -0.39 is 0 Å². The molecule has 2 N–H and O–H groups in total. The lowest BCUT2D eigenvalue weighted by molar-refractivity contribution is -0.132. The number of benzene rings is 1. The lowest BCUT2D eigenvalue weighted by Crippen LogP contribution is -2.46. The van der Waals surface area contributed by atoms with Crippen LogP contribution in [-0.2, 0) is 16.0 Å². The van der Waals surface area contributed by atoms with Crippen LogP contribution in [0.15, 0.2) is 42.7 Å². The molecular formula is C25H33N5O3. The predicted molar refractivity (Wildman–Crippen MR) is 127 cm³/mol. The molecule has 0 bridgehead atoms. The molecule has 33 heavy (non-hydrogen) atoms. The van der Waals surface area contributed by atoms with Gasteiger partial charge < -0.3 is 15.5 Å². The number of piperidine rings is 1. The van der Waals surface area contributed by atoms with Gasteiger partial charge in [-0.1, -0.05) is 51.1 Å². The highest BCUT2D eigenvalue weighted by Gasteiger charge is 2.26. The lowest BCUT2D eigenvalue weighted by Gasteiger charge is -2.32. The molecule has 1 aromatic carbocycles. The quantitative estimate of drug-likeness (QED) is 0.673. The smallest absolute Gasteiger partial charge is 0.273 e. The minimum Gasteiger partial charge on any atom is -0.348 e. The molecular weight excluding hydrogens is 418 g/mol. The van der Waals surface area contributed by atoms with Crippen molar-refractivity contribution in [2.75, 3.05) is 18.4 Å².